The number of cyclic esters (lactones) is 1. The number of ether oxygens (including phenoxy) is 2. The summed E-state index contributed by atoms with van der Waals surface area (Å²) in [5.74, 6) is -1.59. The van der Waals surface area contributed by atoms with E-state index in [1.165, 1.54) is 11.9 Å². The average Bonchev–Trinajstić information content (AvgIpc) is 2.83. The van der Waals surface area contributed by atoms with Gasteiger partial charge in [0.1, 0.15) is 18.0 Å². The number of imide groups is 1. The van der Waals surface area contributed by atoms with Crippen LogP contribution in [0.1, 0.15) is 78.6 Å². The van der Waals surface area contributed by atoms with Crippen LogP contribution in [0.3, 0.4) is 0 Å². The van der Waals surface area contributed by atoms with Gasteiger partial charge in [-0.25, -0.2) is 0 Å². The molecule has 1 saturated heterocycles. The highest BCUT2D eigenvalue weighted by Crippen LogP contribution is 2.27. The molecular formula is C28H43NO7. The molecule has 2 amide bonds. The van der Waals surface area contributed by atoms with Crippen LogP contribution >= 0.6 is 0 Å². The minimum Gasteiger partial charge on any atom is -0.457 e. The third-order valence-electron chi connectivity index (χ3n) is 7.38. The molecule has 2 aliphatic rings. The third-order valence-corrected chi connectivity index (χ3v) is 7.38. The Morgan fingerprint density at radius 2 is 1.89 bits per heavy atom. The highest BCUT2D eigenvalue weighted by Gasteiger charge is 2.32. The first-order chi connectivity index (χ1) is 17.0. The minimum absolute atomic E-state index is 0.0295. The predicted molar refractivity (Wildman–Crippen MR) is 136 cm³/mol. The van der Waals surface area contributed by atoms with Gasteiger partial charge in [-0.3, -0.25) is 24.1 Å². The Bertz CT molecular complexity index is 831. The second-order valence-electron chi connectivity index (χ2n) is 10.3. The lowest BCUT2D eigenvalue weighted by Crippen LogP contribution is -2.40. The van der Waals surface area contributed by atoms with E-state index in [-0.39, 0.29) is 48.2 Å². The van der Waals surface area contributed by atoms with Crippen LogP contribution in [0.5, 0.6) is 0 Å². The summed E-state index contributed by atoms with van der Waals surface area (Å²) in [7, 11) is 3.06. The van der Waals surface area contributed by atoms with E-state index in [0.717, 1.165) is 18.4 Å². The molecule has 0 radical (unpaired) electrons. The van der Waals surface area contributed by atoms with Gasteiger partial charge in [-0.15, -0.1) is 0 Å². The van der Waals surface area contributed by atoms with Gasteiger partial charge in [-0.1, -0.05) is 32.1 Å². The molecule has 2 heterocycles. The minimum atomic E-state index is -0.786. The Balaban J connectivity index is 2.08. The van der Waals surface area contributed by atoms with Gasteiger partial charge in [0.2, 0.25) is 11.8 Å². The lowest BCUT2D eigenvalue weighted by Gasteiger charge is -2.28. The first-order valence-corrected chi connectivity index (χ1v) is 13.1. The number of carbonyl (C=O) groups excluding carboxylic acids is 4. The van der Waals surface area contributed by atoms with Crippen molar-refractivity contribution in [3.05, 3.63) is 23.8 Å². The number of nitrogens with zero attached hydrogens (tertiary/aromatic N) is 1. The van der Waals surface area contributed by atoms with Crippen molar-refractivity contribution in [1.29, 1.82) is 0 Å². The first-order valence-electron chi connectivity index (χ1n) is 13.1. The van der Waals surface area contributed by atoms with E-state index in [9.17, 15) is 24.3 Å². The maximum atomic E-state index is 13.1. The van der Waals surface area contributed by atoms with E-state index in [2.05, 4.69) is 0 Å². The number of aliphatic hydroxyl groups excluding tert-OH is 1. The second kappa shape index (κ2) is 14.4. The number of esters is 1. The fourth-order valence-corrected chi connectivity index (χ4v) is 4.94. The Hall–Kier alpha value is -2.32. The zero-order valence-electron chi connectivity index (χ0n) is 22.4. The normalized spacial score (nSPS) is 30.7. The number of hydrogen-bond acceptors (Lipinski definition) is 7. The zero-order chi connectivity index (χ0) is 26.8. The molecule has 0 aliphatic carbocycles. The molecule has 2 rings (SSSR count). The number of hydrogen-bond donors (Lipinski definition) is 1. The molecule has 1 fully saturated rings. The van der Waals surface area contributed by atoms with Gasteiger partial charge >= 0.3 is 5.97 Å². The zero-order valence-corrected chi connectivity index (χ0v) is 22.4. The Morgan fingerprint density at radius 3 is 2.53 bits per heavy atom. The molecule has 0 spiro atoms. The molecule has 8 heteroatoms. The van der Waals surface area contributed by atoms with Gasteiger partial charge in [0.15, 0.2) is 0 Å². The topological polar surface area (TPSA) is 110 Å². The second-order valence-corrected chi connectivity index (χ2v) is 10.3. The summed E-state index contributed by atoms with van der Waals surface area (Å²) in [6.07, 6.45) is 8.40. The summed E-state index contributed by atoms with van der Waals surface area (Å²) < 4.78 is 11.3. The standard InChI is InChI=1S/C28H43NO7/c1-18-15-19(2)28(36-26(33)14-9-7-6-8-13-23(35-5)27(18)34)20(3)22(30)12-10-11-21-16-24(31)29(4)25(32)17-21/h8,13,15,18,20-21,23,27-28,34H,6-7,9-12,14,16-17H2,1-5H3/b13-8+,19-15-/t18-,20-,23?,27+,28+/m1/s1. The van der Waals surface area contributed by atoms with Crippen molar-refractivity contribution < 1.29 is 33.8 Å². The number of piperidine rings is 1. The van der Waals surface area contributed by atoms with Gasteiger partial charge in [0.05, 0.1) is 12.0 Å². The highest BCUT2D eigenvalue weighted by molar-refractivity contribution is 5.97. The van der Waals surface area contributed by atoms with Crippen LogP contribution < -0.4 is 0 Å². The average molecular weight is 506 g/mol. The molecular weight excluding hydrogens is 462 g/mol. The number of allylic oxidation sites excluding steroid dienone is 1. The fourth-order valence-electron chi connectivity index (χ4n) is 4.94. The molecule has 0 aromatic heterocycles. The molecule has 8 nitrogen and oxygen atoms in total. The molecule has 202 valence electrons. The van der Waals surface area contributed by atoms with Gasteiger partial charge in [-0.2, -0.15) is 0 Å². The maximum Gasteiger partial charge on any atom is 0.306 e. The quantitative estimate of drug-likeness (QED) is 0.319. The monoisotopic (exact) mass is 505 g/mol. The maximum absolute atomic E-state index is 13.1. The highest BCUT2D eigenvalue weighted by atomic mass is 16.5. The summed E-state index contributed by atoms with van der Waals surface area (Å²) in [4.78, 5) is 50.7. The summed E-state index contributed by atoms with van der Waals surface area (Å²) in [5, 5.41) is 10.8. The number of rotatable bonds is 7. The number of carbonyl (C=O) groups is 4. The third kappa shape index (κ3) is 8.66. The van der Waals surface area contributed by atoms with E-state index < -0.39 is 24.2 Å². The van der Waals surface area contributed by atoms with Crippen molar-refractivity contribution in [2.75, 3.05) is 14.2 Å². The number of aliphatic hydroxyl groups is 1. The van der Waals surface area contributed by atoms with E-state index in [0.29, 0.717) is 32.1 Å². The van der Waals surface area contributed by atoms with Crippen LogP contribution in [-0.4, -0.2) is 66.0 Å². The SMILES string of the molecule is COC1/C=C/CCCCC(=O)O[C@H]([C@H](C)C(=O)CCCC2CC(=O)N(C)C(=O)C2)/C(C)=C\[C@@H](C)[C@@H]1O. The van der Waals surface area contributed by atoms with Crippen molar-refractivity contribution in [2.45, 2.75) is 96.9 Å². The number of Topliss-reactive ketones (excluding diaryl/α,β-unsaturated/α-hetero) is 1. The summed E-state index contributed by atoms with van der Waals surface area (Å²) in [6, 6.07) is 0. The number of likely N-dealkylation sites (tertiary alicyclic amines) is 1. The van der Waals surface area contributed by atoms with Gasteiger partial charge in [0, 0.05) is 45.8 Å². The molecule has 0 aromatic carbocycles. The molecule has 1 N–H and O–H groups in total. The van der Waals surface area contributed by atoms with Gasteiger partial charge in [0.25, 0.3) is 0 Å². The molecule has 5 atom stereocenters. The molecule has 36 heavy (non-hydrogen) atoms. The Kier molecular flexibility index (Phi) is 12.0. The smallest absolute Gasteiger partial charge is 0.306 e. The van der Waals surface area contributed by atoms with Crippen LogP contribution in [0.25, 0.3) is 0 Å². The Labute approximate surface area is 215 Å². The summed E-state index contributed by atoms with van der Waals surface area (Å²) in [5.41, 5.74) is 0.721. The van der Waals surface area contributed by atoms with Crippen LogP contribution in [0.15, 0.2) is 23.8 Å². The van der Waals surface area contributed by atoms with Crippen molar-refractivity contribution in [3.63, 3.8) is 0 Å². The number of amides is 2. The van der Waals surface area contributed by atoms with E-state index >= 15 is 0 Å². The van der Waals surface area contributed by atoms with E-state index in [1.54, 1.807) is 14.0 Å². The molecule has 0 bridgehead atoms. The molecule has 0 saturated carbocycles. The van der Waals surface area contributed by atoms with Crippen molar-refractivity contribution >= 4 is 23.6 Å². The largest absolute Gasteiger partial charge is 0.457 e. The predicted octanol–water partition coefficient (Wildman–Crippen LogP) is 3.76. The van der Waals surface area contributed by atoms with Crippen molar-refractivity contribution in [1.82, 2.24) is 4.90 Å². The fraction of sp³-hybridized carbons (Fsp3) is 0.714. The Morgan fingerprint density at radius 1 is 1.22 bits per heavy atom. The lowest BCUT2D eigenvalue weighted by atomic mass is 9.86. The van der Waals surface area contributed by atoms with Crippen molar-refractivity contribution in [2.24, 2.45) is 17.8 Å². The van der Waals surface area contributed by atoms with Crippen molar-refractivity contribution in [3.8, 4) is 0 Å². The van der Waals surface area contributed by atoms with E-state index in [4.69, 9.17) is 9.47 Å². The summed E-state index contributed by atoms with van der Waals surface area (Å²) in [6.45, 7) is 5.46. The molecule has 2 aliphatic heterocycles. The van der Waals surface area contributed by atoms with E-state index in [1.807, 2.05) is 32.1 Å². The van der Waals surface area contributed by atoms with Crippen LogP contribution in [0.2, 0.25) is 0 Å². The van der Waals surface area contributed by atoms with Crippen LogP contribution in [0, 0.1) is 17.8 Å². The summed E-state index contributed by atoms with van der Waals surface area (Å²) >= 11 is 0. The number of ketones is 1. The molecule has 0 aromatic rings. The first kappa shape index (κ1) is 29.9. The van der Waals surface area contributed by atoms with Crippen LogP contribution in [-0.2, 0) is 28.7 Å². The lowest BCUT2D eigenvalue weighted by molar-refractivity contribution is -0.151. The van der Waals surface area contributed by atoms with Gasteiger partial charge in [-0.05, 0) is 50.5 Å². The van der Waals surface area contributed by atoms with Gasteiger partial charge < -0.3 is 14.6 Å². The number of methoxy groups -OCH3 is 1. The van der Waals surface area contributed by atoms with Crippen LogP contribution in [0.4, 0.5) is 0 Å². The molecule has 1 unspecified atom stereocenters.